The summed E-state index contributed by atoms with van der Waals surface area (Å²) in [5, 5.41) is 101. The molecule has 0 bridgehead atoms. The molecule has 3 aliphatic heterocycles. The SMILES string of the molecule is CC(=O)N[C@H]1[C@H]([C@H](OC(C)=O)[C@H](O)COC(C)=O)O[C@@](O[C@H]2[C@@H](O)[C@@H](CO)O[C@@H](O[C@H]3[C@H](O)[C@@H](NC(C)=O)C(O)O[C@@H]3CO)[C@@H]2O)(C(=O)O)C[C@@H]1O. The highest BCUT2D eigenvalue weighted by Gasteiger charge is 2.60. The highest BCUT2D eigenvalue weighted by Crippen LogP contribution is 2.38. The van der Waals surface area contributed by atoms with Crippen LogP contribution in [-0.2, 0) is 57.1 Å². The average molecular weight is 759 g/mol. The van der Waals surface area contributed by atoms with E-state index in [-0.39, 0.29) is 0 Å². The van der Waals surface area contributed by atoms with E-state index in [1.54, 1.807) is 0 Å². The Morgan fingerprint density at radius 2 is 1.40 bits per heavy atom. The molecule has 298 valence electrons. The van der Waals surface area contributed by atoms with Gasteiger partial charge in [-0.2, -0.15) is 0 Å². The van der Waals surface area contributed by atoms with Crippen LogP contribution in [0.4, 0.5) is 0 Å². The lowest BCUT2D eigenvalue weighted by atomic mass is 9.87. The van der Waals surface area contributed by atoms with E-state index in [4.69, 9.17) is 33.2 Å². The van der Waals surface area contributed by atoms with Crippen molar-refractivity contribution in [3.63, 3.8) is 0 Å². The van der Waals surface area contributed by atoms with Crippen molar-refractivity contribution < 1.29 is 103 Å². The summed E-state index contributed by atoms with van der Waals surface area (Å²) in [5.41, 5.74) is 0. The summed E-state index contributed by atoms with van der Waals surface area (Å²) in [7, 11) is 0. The highest BCUT2D eigenvalue weighted by molar-refractivity contribution is 5.77. The Morgan fingerprint density at radius 1 is 0.808 bits per heavy atom. The fourth-order valence-corrected chi connectivity index (χ4v) is 6.08. The van der Waals surface area contributed by atoms with E-state index in [9.17, 15) is 69.9 Å². The molecule has 3 fully saturated rings. The Balaban J connectivity index is 2.02. The number of esters is 2. The molecule has 2 amide bonds. The molecule has 3 saturated heterocycles. The van der Waals surface area contributed by atoms with Crippen LogP contribution >= 0.6 is 0 Å². The molecule has 3 heterocycles. The number of rotatable bonds is 14. The van der Waals surface area contributed by atoms with E-state index in [1.165, 1.54) is 0 Å². The van der Waals surface area contributed by atoms with Gasteiger partial charge in [0.15, 0.2) is 18.7 Å². The van der Waals surface area contributed by atoms with E-state index >= 15 is 0 Å². The van der Waals surface area contributed by atoms with Crippen molar-refractivity contribution in [2.24, 2.45) is 0 Å². The molecular formula is C29H46N2O21. The fourth-order valence-electron chi connectivity index (χ4n) is 6.08. The first-order chi connectivity index (χ1) is 24.3. The zero-order valence-corrected chi connectivity index (χ0v) is 28.4. The first-order valence-corrected chi connectivity index (χ1v) is 16.0. The lowest BCUT2D eigenvalue weighted by Gasteiger charge is -2.51. The lowest BCUT2D eigenvalue weighted by Crippen LogP contribution is -2.71. The first kappa shape index (κ1) is 43.2. The van der Waals surface area contributed by atoms with Gasteiger partial charge in [0.05, 0.1) is 25.4 Å². The van der Waals surface area contributed by atoms with Gasteiger partial charge in [-0.15, -0.1) is 0 Å². The van der Waals surface area contributed by atoms with Crippen LogP contribution in [0.1, 0.15) is 34.1 Å². The fraction of sp³-hybridized carbons (Fsp3) is 0.828. The van der Waals surface area contributed by atoms with E-state index < -0.39 is 154 Å². The number of carbonyl (C=O) groups excluding carboxylic acids is 4. The number of aliphatic hydroxyl groups is 8. The normalized spacial score (nSPS) is 39.0. The molecule has 3 aliphatic rings. The molecule has 0 spiro atoms. The van der Waals surface area contributed by atoms with Crippen LogP contribution in [-0.4, -0.2) is 193 Å². The van der Waals surface area contributed by atoms with E-state index in [0.717, 1.165) is 27.7 Å². The number of carboxylic acids is 1. The largest absolute Gasteiger partial charge is 0.477 e. The van der Waals surface area contributed by atoms with Crippen molar-refractivity contribution in [2.75, 3.05) is 19.8 Å². The smallest absolute Gasteiger partial charge is 0.364 e. The molecule has 0 aromatic heterocycles. The number of nitrogens with one attached hydrogen (secondary N) is 2. The predicted molar refractivity (Wildman–Crippen MR) is 161 cm³/mol. The van der Waals surface area contributed by atoms with Crippen molar-refractivity contribution in [3.05, 3.63) is 0 Å². The summed E-state index contributed by atoms with van der Waals surface area (Å²) in [6.45, 7) is 1.25. The summed E-state index contributed by atoms with van der Waals surface area (Å²) in [6, 6.07) is -3.15. The molecule has 0 radical (unpaired) electrons. The summed E-state index contributed by atoms with van der Waals surface area (Å²) < 4.78 is 37.8. The molecule has 23 nitrogen and oxygen atoms in total. The highest BCUT2D eigenvalue weighted by atomic mass is 16.8. The third-order valence-electron chi connectivity index (χ3n) is 8.41. The monoisotopic (exact) mass is 758 g/mol. The predicted octanol–water partition coefficient (Wildman–Crippen LogP) is -6.94. The van der Waals surface area contributed by atoms with E-state index in [1.807, 2.05) is 0 Å². The van der Waals surface area contributed by atoms with Gasteiger partial charge in [0.25, 0.3) is 5.79 Å². The van der Waals surface area contributed by atoms with Crippen molar-refractivity contribution in [2.45, 2.75) is 132 Å². The van der Waals surface area contributed by atoms with Gasteiger partial charge >= 0.3 is 17.9 Å². The number of amides is 2. The Bertz CT molecular complexity index is 1270. The van der Waals surface area contributed by atoms with Crippen molar-refractivity contribution in [3.8, 4) is 0 Å². The van der Waals surface area contributed by atoms with Gasteiger partial charge in [-0.05, 0) is 0 Å². The van der Waals surface area contributed by atoms with Crippen molar-refractivity contribution in [1.29, 1.82) is 0 Å². The van der Waals surface area contributed by atoms with Crippen molar-refractivity contribution >= 4 is 29.7 Å². The van der Waals surface area contributed by atoms with Crippen LogP contribution in [0.2, 0.25) is 0 Å². The second-order valence-corrected chi connectivity index (χ2v) is 12.4. The molecular weight excluding hydrogens is 712 g/mol. The van der Waals surface area contributed by atoms with E-state index in [2.05, 4.69) is 10.6 Å². The molecule has 0 aliphatic carbocycles. The van der Waals surface area contributed by atoms with Crippen LogP contribution in [0.3, 0.4) is 0 Å². The van der Waals surface area contributed by atoms with Gasteiger partial charge < -0.3 is 89.8 Å². The second kappa shape index (κ2) is 18.2. The number of hydrogen-bond donors (Lipinski definition) is 11. The van der Waals surface area contributed by atoms with E-state index in [0.29, 0.717) is 0 Å². The summed E-state index contributed by atoms with van der Waals surface area (Å²) >= 11 is 0. The second-order valence-electron chi connectivity index (χ2n) is 12.4. The molecule has 0 saturated carbocycles. The van der Waals surface area contributed by atoms with Crippen LogP contribution in [0.15, 0.2) is 0 Å². The number of hydrogen-bond acceptors (Lipinski definition) is 20. The Labute approximate surface area is 295 Å². The van der Waals surface area contributed by atoms with Crippen LogP contribution in [0, 0.1) is 0 Å². The molecule has 1 unspecified atom stereocenters. The maximum Gasteiger partial charge on any atom is 0.364 e. The number of ether oxygens (including phenoxy) is 7. The molecule has 0 aromatic carbocycles. The number of carbonyl (C=O) groups is 5. The van der Waals surface area contributed by atoms with Crippen LogP contribution < -0.4 is 10.6 Å². The minimum absolute atomic E-state index is 0.707. The topological polar surface area (TPSA) is 356 Å². The van der Waals surface area contributed by atoms with Gasteiger partial charge in [-0.3, -0.25) is 19.2 Å². The maximum absolute atomic E-state index is 12.9. The summed E-state index contributed by atoms with van der Waals surface area (Å²) in [5.74, 6) is -8.56. The van der Waals surface area contributed by atoms with Crippen LogP contribution in [0.25, 0.3) is 0 Å². The maximum atomic E-state index is 12.9. The quantitative estimate of drug-likeness (QED) is 0.0733. The standard InChI is InChI=1S/C29H46N2O21/c1-9(34)30-17-13(38)5-29(28(44)45,51-24(17)22(47-12(4)37)14(39)8-46-11(3)36)52-25-19(40)15(6-32)49-27(21(25)42)50-23-16(7-33)48-26(43)18(20(23)41)31-10(2)35/h13-27,32-33,38-43H,5-8H2,1-4H3,(H,30,34)(H,31,35)(H,44,45)/t13-,14+,15+,16+,17+,18+,19-,20+,21+,22+,23+,24+,25-,26?,27-,29-/m0/s1. The minimum atomic E-state index is -3.12. The third-order valence-corrected chi connectivity index (χ3v) is 8.41. The summed E-state index contributed by atoms with van der Waals surface area (Å²) in [6.07, 6.45) is -26.1. The minimum Gasteiger partial charge on any atom is -0.477 e. The van der Waals surface area contributed by atoms with Gasteiger partial charge in [-0.1, -0.05) is 0 Å². The molecule has 3 rings (SSSR count). The van der Waals surface area contributed by atoms with Crippen LogP contribution in [0.5, 0.6) is 0 Å². The van der Waals surface area contributed by atoms with Gasteiger partial charge in [0.2, 0.25) is 11.8 Å². The zero-order valence-electron chi connectivity index (χ0n) is 28.4. The van der Waals surface area contributed by atoms with Gasteiger partial charge in [-0.25, -0.2) is 4.79 Å². The molecule has 23 heteroatoms. The van der Waals surface area contributed by atoms with Crippen molar-refractivity contribution in [1.82, 2.24) is 10.6 Å². The Kier molecular flexibility index (Phi) is 15.2. The molecule has 16 atom stereocenters. The molecule has 52 heavy (non-hydrogen) atoms. The van der Waals surface area contributed by atoms with Gasteiger partial charge in [0.1, 0.15) is 67.6 Å². The lowest BCUT2D eigenvalue weighted by molar-refractivity contribution is -0.382. The number of carboxylic acid groups (broad SMARTS) is 1. The average Bonchev–Trinajstić information content (AvgIpc) is 3.05. The molecule has 0 aromatic rings. The zero-order chi connectivity index (χ0) is 39.2. The van der Waals surface area contributed by atoms with Gasteiger partial charge in [0, 0.05) is 34.1 Å². The Hall–Kier alpha value is -3.17. The molecule has 11 N–H and O–H groups in total. The summed E-state index contributed by atoms with van der Waals surface area (Å²) in [4.78, 5) is 60.2. The third kappa shape index (κ3) is 10.1. The first-order valence-electron chi connectivity index (χ1n) is 16.0. The number of aliphatic hydroxyl groups excluding tert-OH is 8. The Morgan fingerprint density at radius 3 is 1.92 bits per heavy atom. The number of aliphatic carboxylic acids is 1.